The minimum Gasteiger partial charge on any atom is -0.497 e. The van der Waals surface area contributed by atoms with E-state index < -0.39 is 0 Å². The molecule has 0 fully saturated rings. The van der Waals surface area contributed by atoms with E-state index in [4.69, 9.17) is 4.74 Å². The monoisotopic (exact) mass is 349 g/mol. The lowest BCUT2D eigenvalue weighted by molar-refractivity contribution is 0.102. The van der Waals surface area contributed by atoms with Gasteiger partial charge in [0.15, 0.2) is 0 Å². The Morgan fingerprint density at radius 2 is 2.14 bits per heavy atom. The third kappa shape index (κ3) is 3.95. The maximum Gasteiger partial charge on any atom is 0.257 e. The van der Waals surface area contributed by atoms with Crippen LogP contribution in [0, 0.1) is 0 Å². The molecule has 110 valence electrons. The number of nitrogens with one attached hydrogen (secondary N) is 2. The number of pyridine rings is 1. The fourth-order valence-electron chi connectivity index (χ4n) is 1.74. The molecule has 2 N–H and O–H groups in total. The lowest BCUT2D eigenvalue weighted by Crippen LogP contribution is -2.13. The number of carbonyl (C=O) groups excluding carboxylic acids is 1. The number of aromatic nitrogens is 1. The number of amides is 1. The SMILES string of the molecule is CCNc1ccc(C(=O)Nc2cc(OC)ccc2Br)cn1. The zero-order valence-corrected chi connectivity index (χ0v) is 13.4. The Hall–Kier alpha value is -2.08. The van der Waals surface area contributed by atoms with Crippen molar-refractivity contribution in [2.75, 3.05) is 24.3 Å². The summed E-state index contributed by atoms with van der Waals surface area (Å²) < 4.78 is 5.93. The number of halogens is 1. The first kappa shape index (κ1) is 15.3. The van der Waals surface area contributed by atoms with E-state index in [1.54, 1.807) is 31.5 Å². The third-order valence-corrected chi connectivity index (χ3v) is 3.50. The molecule has 0 aliphatic carbocycles. The van der Waals surface area contributed by atoms with Crippen molar-refractivity contribution in [2.24, 2.45) is 0 Å². The van der Waals surface area contributed by atoms with Crippen LogP contribution in [-0.4, -0.2) is 24.5 Å². The Morgan fingerprint density at radius 3 is 2.76 bits per heavy atom. The van der Waals surface area contributed by atoms with Crippen molar-refractivity contribution < 1.29 is 9.53 Å². The summed E-state index contributed by atoms with van der Waals surface area (Å²) in [5.74, 6) is 1.20. The zero-order chi connectivity index (χ0) is 15.2. The van der Waals surface area contributed by atoms with E-state index >= 15 is 0 Å². The summed E-state index contributed by atoms with van der Waals surface area (Å²) in [4.78, 5) is 16.4. The summed E-state index contributed by atoms with van der Waals surface area (Å²) in [7, 11) is 1.58. The second-order valence-electron chi connectivity index (χ2n) is 4.26. The van der Waals surface area contributed by atoms with Crippen LogP contribution in [0.25, 0.3) is 0 Å². The van der Waals surface area contributed by atoms with E-state index in [2.05, 4.69) is 31.5 Å². The molecule has 1 amide bonds. The van der Waals surface area contributed by atoms with Gasteiger partial charge in [0.05, 0.1) is 18.4 Å². The number of rotatable bonds is 5. The summed E-state index contributed by atoms with van der Waals surface area (Å²) in [5, 5.41) is 5.91. The van der Waals surface area contributed by atoms with Gasteiger partial charge in [-0.05, 0) is 47.1 Å². The predicted molar refractivity (Wildman–Crippen MR) is 87.0 cm³/mol. The molecule has 1 heterocycles. The van der Waals surface area contributed by atoms with Gasteiger partial charge in [-0.15, -0.1) is 0 Å². The molecule has 0 saturated carbocycles. The highest BCUT2D eigenvalue weighted by Gasteiger charge is 2.10. The van der Waals surface area contributed by atoms with Gasteiger partial charge in [-0.1, -0.05) is 0 Å². The second kappa shape index (κ2) is 7.08. The molecule has 0 aliphatic rings. The van der Waals surface area contributed by atoms with Crippen molar-refractivity contribution in [3.8, 4) is 5.75 Å². The molecule has 0 aliphatic heterocycles. The Balaban J connectivity index is 2.14. The van der Waals surface area contributed by atoms with Gasteiger partial charge in [0.2, 0.25) is 0 Å². The molecule has 1 aromatic carbocycles. The number of nitrogens with zero attached hydrogens (tertiary/aromatic N) is 1. The van der Waals surface area contributed by atoms with Crippen LogP contribution in [0.5, 0.6) is 5.75 Å². The van der Waals surface area contributed by atoms with Crippen LogP contribution >= 0.6 is 15.9 Å². The number of carbonyl (C=O) groups is 1. The highest BCUT2D eigenvalue weighted by Crippen LogP contribution is 2.27. The Labute approximate surface area is 131 Å². The Kier molecular flexibility index (Phi) is 5.16. The smallest absolute Gasteiger partial charge is 0.257 e. The van der Waals surface area contributed by atoms with Gasteiger partial charge in [-0.3, -0.25) is 4.79 Å². The molecule has 6 heteroatoms. The minimum absolute atomic E-state index is 0.223. The molecule has 1 aromatic heterocycles. The van der Waals surface area contributed by atoms with E-state index in [1.807, 2.05) is 19.1 Å². The lowest BCUT2D eigenvalue weighted by atomic mass is 10.2. The van der Waals surface area contributed by atoms with Gasteiger partial charge in [-0.2, -0.15) is 0 Å². The van der Waals surface area contributed by atoms with Crippen molar-refractivity contribution in [1.82, 2.24) is 4.98 Å². The quantitative estimate of drug-likeness (QED) is 0.866. The lowest BCUT2D eigenvalue weighted by Gasteiger charge is -2.09. The molecular formula is C15H16BrN3O2. The topological polar surface area (TPSA) is 63.2 Å². The average molecular weight is 350 g/mol. The Morgan fingerprint density at radius 1 is 1.33 bits per heavy atom. The highest BCUT2D eigenvalue weighted by molar-refractivity contribution is 9.10. The van der Waals surface area contributed by atoms with E-state index in [0.717, 1.165) is 16.8 Å². The molecule has 21 heavy (non-hydrogen) atoms. The number of hydrogen-bond acceptors (Lipinski definition) is 4. The normalized spacial score (nSPS) is 10.0. The second-order valence-corrected chi connectivity index (χ2v) is 5.12. The predicted octanol–water partition coefficient (Wildman–Crippen LogP) is 3.54. The summed E-state index contributed by atoms with van der Waals surface area (Å²) in [6, 6.07) is 8.89. The van der Waals surface area contributed by atoms with Crippen LogP contribution < -0.4 is 15.4 Å². The number of methoxy groups -OCH3 is 1. The Bertz CT molecular complexity index is 629. The largest absolute Gasteiger partial charge is 0.497 e. The van der Waals surface area contributed by atoms with Crippen LogP contribution in [0.1, 0.15) is 17.3 Å². The van der Waals surface area contributed by atoms with Crippen molar-refractivity contribution in [1.29, 1.82) is 0 Å². The van der Waals surface area contributed by atoms with Gasteiger partial charge in [-0.25, -0.2) is 4.98 Å². The molecule has 2 rings (SSSR count). The fourth-order valence-corrected chi connectivity index (χ4v) is 2.08. The standard InChI is InChI=1S/C15H16BrN3O2/c1-3-17-14-7-4-10(9-18-14)15(20)19-13-8-11(21-2)5-6-12(13)16/h4-9H,3H2,1-2H3,(H,17,18)(H,19,20). The van der Waals surface area contributed by atoms with E-state index in [0.29, 0.717) is 17.0 Å². The fraction of sp³-hybridized carbons (Fsp3) is 0.200. The molecule has 5 nitrogen and oxygen atoms in total. The van der Waals surface area contributed by atoms with Crippen LogP contribution in [0.15, 0.2) is 41.0 Å². The van der Waals surface area contributed by atoms with Crippen molar-refractivity contribution in [3.63, 3.8) is 0 Å². The molecule has 0 atom stereocenters. The number of hydrogen-bond donors (Lipinski definition) is 2. The maximum absolute atomic E-state index is 12.2. The molecule has 0 unspecified atom stereocenters. The van der Waals surface area contributed by atoms with Crippen LogP contribution in [0.4, 0.5) is 11.5 Å². The highest BCUT2D eigenvalue weighted by atomic mass is 79.9. The maximum atomic E-state index is 12.2. The van der Waals surface area contributed by atoms with E-state index in [1.165, 1.54) is 0 Å². The van der Waals surface area contributed by atoms with Gasteiger partial charge >= 0.3 is 0 Å². The summed E-state index contributed by atoms with van der Waals surface area (Å²) >= 11 is 3.40. The number of anilines is 2. The first-order valence-electron chi connectivity index (χ1n) is 6.49. The van der Waals surface area contributed by atoms with E-state index in [-0.39, 0.29) is 5.91 Å². The number of benzene rings is 1. The van der Waals surface area contributed by atoms with Gasteiger partial charge < -0.3 is 15.4 Å². The molecule has 0 bridgehead atoms. The average Bonchev–Trinajstić information content (AvgIpc) is 2.50. The van der Waals surface area contributed by atoms with Gasteiger partial charge in [0.25, 0.3) is 5.91 Å². The molecule has 2 aromatic rings. The number of ether oxygens (including phenoxy) is 1. The van der Waals surface area contributed by atoms with Crippen molar-refractivity contribution in [2.45, 2.75) is 6.92 Å². The minimum atomic E-state index is -0.223. The molecule has 0 spiro atoms. The third-order valence-electron chi connectivity index (χ3n) is 2.81. The van der Waals surface area contributed by atoms with Crippen molar-refractivity contribution >= 4 is 33.3 Å². The van der Waals surface area contributed by atoms with Crippen LogP contribution in [-0.2, 0) is 0 Å². The molecule has 0 radical (unpaired) electrons. The first-order chi connectivity index (χ1) is 10.1. The van der Waals surface area contributed by atoms with E-state index in [9.17, 15) is 4.79 Å². The summed E-state index contributed by atoms with van der Waals surface area (Å²) in [6.07, 6.45) is 1.54. The van der Waals surface area contributed by atoms with Gasteiger partial charge in [0, 0.05) is 23.3 Å². The zero-order valence-electron chi connectivity index (χ0n) is 11.8. The molecular weight excluding hydrogens is 334 g/mol. The molecule has 0 saturated heterocycles. The summed E-state index contributed by atoms with van der Waals surface area (Å²) in [6.45, 7) is 2.78. The van der Waals surface area contributed by atoms with Crippen molar-refractivity contribution in [3.05, 3.63) is 46.6 Å². The van der Waals surface area contributed by atoms with Crippen LogP contribution in [0.2, 0.25) is 0 Å². The first-order valence-corrected chi connectivity index (χ1v) is 7.28. The van der Waals surface area contributed by atoms with Gasteiger partial charge in [0.1, 0.15) is 11.6 Å². The van der Waals surface area contributed by atoms with Crippen LogP contribution in [0.3, 0.4) is 0 Å². The summed E-state index contributed by atoms with van der Waals surface area (Å²) in [5.41, 5.74) is 1.14.